The Bertz CT molecular complexity index is 567. The fraction of sp³-hybridized carbons (Fsp3) is 0.500. The number of nitrogens with one attached hydrogen (secondary N) is 1. The molecule has 0 saturated heterocycles. The zero-order valence-corrected chi connectivity index (χ0v) is 13.0. The molecule has 0 spiro atoms. The van der Waals surface area contributed by atoms with Crippen molar-refractivity contribution < 1.29 is 22.3 Å². The summed E-state index contributed by atoms with van der Waals surface area (Å²) in [5, 5.41) is -0.251. The molecular formula is C12H17ClFNO4S. The minimum Gasteiger partial charge on any atom is -0.382 e. The highest BCUT2D eigenvalue weighted by molar-refractivity contribution is 7.89. The summed E-state index contributed by atoms with van der Waals surface area (Å²) in [6.45, 7) is 1.93. The summed E-state index contributed by atoms with van der Waals surface area (Å²) >= 11 is 5.58. The largest absolute Gasteiger partial charge is 0.382 e. The maximum Gasteiger partial charge on any atom is 0.240 e. The van der Waals surface area contributed by atoms with Gasteiger partial charge in [-0.3, -0.25) is 0 Å². The monoisotopic (exact) mass is 325 g/mol. The van der Waals surface area contributed by atoms with Gasteiger partial charge >= 0.3 is 0 Å². The molecule has 0 aromatic heterocycles. The van der Waals surface area contributed by atoms with Crippen LogP contribution >= 0.6 is 11.6 Å². The van der Waals surface area contributed by atoms with Crippen molar-refractivity contribution in [3.63, 3.8) is 0 Å². The van der Waals surface area contributed by atoms with Gasteiger partial charge in [-0.25, -0.2) is 17.5 Å². The maximum atomic E-state index is 13.0. The molecule has 0 aliphatic rings. The first kappa shape index (κ1) is 17.3. The summed E-state index contributed by atoms with van der Waals surface area (Å²) in [7, 11) is -0.846. The Morgan fingerprint density at radius 2 is 2.05 bits per heavy atom. The maximum absolute atomic E-state index is 13.0. The summed E-state index contributed by atoms with van der Waals surface area (Å²) in [4.78, 5) is -0.111. The average Bonchev–Trinajstić information content (AvgIpc) is 2.40. The topological polar surface area (TPSA) is 64.6 Å². The van der Waals surface area contributed by atoms with Crippen molar-refractivity contribution in [1.29, 1.82) is 0 Å². The molecule has 0 amide bonds. The van der Waals surface area contributed by atoms with E-state index in [4.69, 9.17) is 21.1 Å². The lowest BCUT2D eigenvalue weighted by molar-refractivity contribution is -0.0460. The molecule has 1 N–H and O–H groups in total. The number of ether oxygens (including phenoxy) is 2. The molecule has 0 saturated carbocycles. The van der Waals surface area contributed by atoms with Crippen LogP contribution in [0.15, 0.2) is 23.1 Å². The van der Waals surface area contributed by atoms with Gasteiger partial charge < -0.3 is 9.47 Å². The minimum absolute atomic E-state index is 0.00860. The summed E-state index contributed by atoms with van der Waals surface area (Å²) in [5.74, 6) is -0.674. The number of methoxy groups -OCH3 is 2. The average molecular weight is 326 g/mol. The van der Waals surface area contributed by atoms with Crippen molar-refractivity contribution in [2.24, 2.45) is 0 Å². The van der Waals surface area contributed by atoms with Crippen LogP contribution in [0.2, 0.25) is 5.02 Å². The van der Waals surface area contributed by atoms with Crippen LogP contribution in [0.5, 0.6) is 0 Å². The quantitative estimate of drug-likeness (QED) is 0.830. The Morgan fingerprint density at radius 1 is 1.40 bits per heavy atom. The van der Waals surface area contributed by atoms with E-state index in [-0.39, 0.29) is 23.1 Å². The Labute approximate surface area is 123 Å². The van der Waals surface area contributed by atoms with Crippen LogP contribution in [-0.2, 0) is 19.5 Å². The van der Waals surface area contributed by atoms with Gasteiger partial charge in [-0.1, -0.05) is 11.6 Å². The molecule has 1 aromatic carbocycles. The van der Waals surface area contributed by atoms with E-state index in [2.05, 4.69) is 4.72 Å². The van der Waals surface area contributed by atoms with Crippen LogP contribution in [-0.4, -0.2) is 41.4 Å². The third-order valence-corrected chi connectivity index (χ3v) is 4.47. The van der Waals surface area contributed by atoms with Crippen LogP contribution in [0.25, 0.3) is 0 Å². The first-order valence-corrected chi connectivity index (χ1v) is 7.59. The highest BCUT2D eigenvalue weighted by atomic mass is 35.5. The molecule has 20 heavy (non-hydrogen) atoms. The number of rotatable bonds is 7. The molecule has 0 aliphatic carbocycles. The van der Waals surface area contributed by atoms with Gasteiger partial charge in [0.25, 0.3) is 0 Å². The van der Waals surface area contributed by atoms with Gasteiger partial charge in [-0.2, -0.15) is 0 Å². The van der Waals surface area contributed by atoms with E-state index in [1.807, 2.05) is 0 Å². The van der Waals surface area contributed by atoms with Crippen LogP contribution in [0.4, 0.5) is 4.39 Å². The SMILES string of the molecule is COC[C@](C)(CNS(=O)(=O)c1ccc(F)c(Cl)c1)OC. The first-order chi connectivity index (χ1) is 9.24. The number of halogens is 2. The Hall–Kier alpha value is -0.730. The van der Waals surface area contributed by atoms with E-state index in [1.54, 1.807) is 6.92 Å². The van der Waals surface area contributed by atoms with Gasteiger partial charge in [0.15, 0.2) is 0 Å². The molecule has 0 unspecified atom stereocenters. The lowest BCUT2D eigenvalue weighted by atomic mass is 10.1. The van der Waals surface area contributed by atoms with Crippen molar-refractivity contribution >= 4 is 21.6 Å². The molecule has 1 rings (SSSR count). The van der Waals surface area contributed by atoms with Gasteiger partial charge in [-0.05, 0) is 25.1 Å². The van der Waals surface area contributed by atoms with E-state index in [0.29, 0.717) is 0 Å². The molecule has 0 aliphatic heterocycles. The molecule has 0 fully saturated rings. The van der Waals surface area contributed by atoms with Crippen molar-refractivity contribution in [1.82, 2.24) is 4.72 Å². The van der Waals surface area contributed by atoms with Gasteiger partial charge in [0, 0.05) is 20.8 Å². The molecule has 5 nitrogen and oxygen atoms in total. The Morgan fingerprint density at radius 3 is 2.55 bits per heavy atom. The first-order valence-electron chi connectivity index (χ1n) is 5.73. The van der Waals surface area contributed by atoms with Crippen LogP contribution < -0.4 is 4.72 Å². The number of hydrogen-bond acceptors (Lipinski definition) is 4. The third kappa shape index (κ3) is 4.39. The smallest absolute Gasteiger partial charge is 0.240 e. The van der Waals surface area contributed by atoms with Crippen LogP contribution in [0, 0.1) is 5.82 Å². The fourth-order valence-corrected chi connectivity index (χ4v) is 2.89. The molecule has 1 aromatic rings. The molecule has 0 heterocycles. The van der Waals surface area contributed by atoms with Gasteiger partial charge in [0.1, 0.15) is 11.4 Å². The summed E-state index contributed by atoms with van der Waals surface area (Å²) < 4.78 is 49.8. The number of benzene rings is 1. The zero-order chi connectivity index (χ0) is 15.4. The second-order valence-electron chi connectivity index (χ2n) is 4.49. The second-order valence-corrected chi connectivity index (χ2v) is 6.66. The van der Waals surface area contributed by atoms with Crippen molar-refractivity contribution in [3.8, 4) is 0 Å². The third-order valence-electron chi connectivity index (χ3n) is 2.78. The predicted octanol–water partition coefficient (Wildman–Crippen LogP) is 1.81. The Balaban J connectivity index is 2.87. The van der Waals surface area contributed by atoms with E-state index in [0.717, 1.165) is 18.2 Å². The van der Waals surface area contributed by atoms with E-state index in [9.17, 15) is 12.8 Å². The molecule has 1 atom stereocenters. The van der Waals surface area contributed by atoms with Crippen molar-refractivity contribution in [3.05, 3.63) is 29.0 Å². The highest BCUT2D eigenvalue weighted by Gasteiger charge is 2.27. The summed E-state index contributed by atoms with van der Waals surface area (Å²) in [5.41, 5.74) is -0.800. The number of hydrogen-bond donors (Lipinski definition) is 1. The lowest BCUT2D eigenvalue weighted by Gasteiger charge is -2.27. The molecule has 114 valence electrons. The van der Waals surface area contributed by atoms with Gasteiger partial charge in [0.05, 0.1) is 16.5 Å². The van der Waals surface area contributed by atoms with Crippen LogP contribution in [0.3, 0.4) is 0 Å². The van der Waals surface area contributed by atoms with Crippen molar-refractivity contribution in [2.75, 3.05) is 27.4 Å². The summed E-state index contributed by atoms with van der Waals surface area (Å²) in [6, 6.07) is 3.20. The predicted molar refractivity (Wildman–Crippen MR) is 73.9 cm³/mol. The van der Waals surface area contributed by atoms with Gasteiger partial charge in [-0.15, -0.1) is 0 Å². The summed E-state index contributed by atoms with van der Waals surface area (Å²) in [6.07, 6.45) is 0. The zero-order valence-electron chi connectivity index (χ0n) is 11.4. The molecular weight excluding hydrogens is 309 g/mol. The van der Waals surface area contributed by atoms with E-state index < -0.39 is 21.4 Å². The second kappa shape index (κ2) is 6.82. The van der Waals surface area contributed by atoms with E-state index in [1.165, 1.54) is 14.2 Å². The fourth-order valence-electron chi connectivity index (χ4n) is 1.46. The van der Waals surface area contributed by atoms with Crippen molar-refractivity contribution in [2.45, 2.75) is 17.4 Å². The van der Waals surface area contributed by atoms with Crippen LogP contribution in [0.1, 0.15) is 6.92 Å². The standard InChI is InChI=1S/C12H17ClFNO4S/c1-12(19-3,8-18-2)7-15-20(16,17)9-4-5-11(14)10(13)6-9/h4-6,15H,7-8H2,1-3H3/t12-/m0/s1. The highest BCUT2D eigenvalue weighted by Crippen LogP contribution is 2.19. The normalized spacial score (nSPS) is 15.1. The molecule has 0 bridgehead atoms. The van der Waals surface area contributed by atoms with Gasteiger partial charge in [0.2, 0.25) is 10.0 Å². The number of sulfonamides is 1. The molecule has 8 heteroatoms. The lowest BCUT2D eigenvalue weighted by Crippen LogP contribution is -2.45. The molecule has 0 radical (unpaired) electrons. The minimum atomic E-state index is -3.80. The Kier molecular flexibility index (Phi) is 5.91. The van der Waals surface area contributed by atoms with E-state index >= 15 is 0 Å².